The van der Waals surface area contributed by atoms with Gasteiger partial charge in [0.05, 0.1) is 0 Å². The van der Waals surface area contributed by atoms with Gasteiger partial charge in [0.25, 0.3) is 5.91 Å². The van der Waals surface area contributed by atoms with Gasteiger partial charge in [0, 0.05) is 29.7 Å². The molecule has 0 aliphatic rings. The van der Waals surface area contributed by atoms with Crippen LogP contribution in [0, 0.1) is 6.92 Å². The van der Waals surface area contributed by atoms with E-state index in [1.165, 1.54) is 30.6 Å². The number of amidine groups is 1. The van der Waals surface area contributed by atoms with Crippen molar-refractivity contribution in [3.63, 3.8) is 0 Å². The van der Waals surface area contributed by atoms with Gasteiger partial charge in [-0.25, -0.2) is 10.2 Å². The Bertz CT molecular complexity index is 1100. The quantitative estimate of drug-likeness (QED) is 0.169. The van der Waals surface area contributed by atoms with Crippen molar-refractivity contribution in [3.8, 4) is 11.5 Å². The number of carbonyl (C=O) groups excluding carboxylic acids is 1. The van der Waals surface area contributed by atoms with Crippen molar-refractivity contribution in [1.82, 2.24) is 10.4 Å². The molecule has 0 bridgehead atoms. The summed E-state index contributed by atoms with van der Waals surface area (Å²) in [5, 5.41) is 21.2. The number of rotatable bonds is 6. The number of aromatic nitrogens is 1. The highest BCUT2D eigenvalue weighted by atomic mass is 16.5. The number of nitrogens with two attached hydrogens (primary N) is 2. The summed E-state index contributed by atoms with van der Waals surface area (Å²) in [5.41, 5.74) is 15.1. The van der Waals surface area contributed by atoms with E-state index in [9.17, 15) is 9.59 Å². The molecule has 32 heavy (non-hydrogen) atoms. The zero-order valence-corrected chi connectivity index (χ0v) is 17.2. The second kappa shape index (κ2) is 11.6. The second-order valence-corrected chi connectivity index (χ2v) is 6.47. The number of carboxylic acid groups (broad SMARTS) is 1. The minimum atomic E-state index is -1.16. The van der Waals surface area contributed by atoms with Gasteiger partial charge in [-0.05, 0) is 48.9 Å². The van der Waals surface area contributed by atoms with E-state index in [4.69, 9.17) is 26.4 Å². The second-order valence-electron chi connectivity index (χ2n) is 6.47. The summed E-state index contributed by atoms with van der Waals surface area (Å²) in [7, 11) is 0. The first kappa shape index (κ1) is 23.7. The zero-order valence-electron chi connectivity index (χ0n) is 17.2. The van der Waals surface area contributed by atoms with Crippen molar-refractivity contribution in [3.05, 3.63) is 83.7 Å². The molecule has 1 amide bonds. The highest BCUT2D eigenvalue weighted by Crippen LogP contribution is 2.19. The predicted octanol–water partition coefficient (Wildman–Crippen LogP) is 2.14. The van der Waals surface area contributed by atoms with E-state index >= 15 is 0 Å². The topological polar surface area (TPSA) is 173 Å². The fourth-order valence-corrected chi connectivity index (χ4v) is 2.31. The van der Waals surface area contributed by atoms with Crippen LogP contribution >= 0.6 is 0 Å². The molecule has 0 unspecified atom stereocenters. The fourth-order valence-electron chi connectivity index (χ4n) is 2.31. The Hall–Kier alpha value is -4.60. The maximum absolute atomic E-state index is 11.7. The van der Waals surface area contributed by atoms with Crippen molar-refractivity contribution < 1.29 is 24.5 Å². The number of nitrogen functional groups attached to an aromatic ring is 1. The van der Waals surface area contributed by atoms with Gasteiger partial charge in [-0.15, -0.1) is 0 Å². The van der Waals surface area contributed by atoms with Gasteiger partial charge in [0.15, 0.2) is 5.84 Å². The number of amides is 1. The summed E-state index contributed by atoms with van der Waals surface area (Å²) in [5.74, 6) is -0.941. The first-order valence-corrected chi connectivity index (χ1v) is 9.30. The summed E-state index contributed by atoms with van der Waals surface area (Å²) in [6.07, 6.45) is 3.06. The van der Waals surface area contributed by atoms with E-state index in [1.54, 1.807) is 12.1 Å². The number of hydrogen-bond acceptors (Lipinski definition) is 7. The Kier molecular flexibility index (Phi) is 8.55. The van der Waals surface area contributed by atoms with Gasteiger partial charge < -0.3 is 26.4 Å². The van der Waals surface area contributed by atoms with E-state index in [2.05, 4.69) is 15.5 Å². The predicted molar refractivity (Wildman–Crippen MR) is 119 cm³/mol. The number of hydrazone groups is 1. The van der Waals surface area contributed by atoms with Crippen molar-refractivity contribution in [2.45, 2.75) is 6.92 Å². The molecule has 0 fully saturated rings. The first-order chi connectivity index (χ1) is 15.3. The molecule has 1 aromatic heterocycles. The van der Waals surface area contributed by atoms with Gasteiger partial charge in [-0.1, -0.05) is 12.1 Å². The van der Waals surface area contributed by atoms with Crippen molar-refractivity contribution in [2.75, 3.05) is 12.3 Å². The van der Waals surface area contributed by atoms with Gasteiger partial charge in [0.2, 0.25) is 0 Å². The Labute approximate surface area is 184 Å². The average molecular weight is 437 g/mol. The maximum Gasteiger partial charge on any atom is 0.339 e. The molecular formula is C22H23N5O5. The van der Waals surface area contributed by atoms with Crippen molar-refractivity contribution >= 4 is 23.4 Å². The minimum absolute atomic E-state index is 0.0973. The maximum atomic E-state index is 11.7. The number of aromatic carboxylic acids is 1. The number of pyridine rings is 1. The third-order valence-corrected chi connectivity index (χ3v) is 3.87. The van der Waals surface area contributed by atoms with Crippen LogP contribution < -0.4 is 21.6 Å². The Morgan fingerprint density at radius 2 is 1.84 bits per heavy atom. The highest BCUT2D eigenvalue weighted by molar-refractivity contribution is 5.95. The van der Waals surface area contributed by atoms with E-state index in [1.807, 2.05) is 31.2 Å². The molecule has 0 saturated carbocycles. The van der Waals surface area contributed by atoms with Crippen LogP contribution in [0.4, 0.5) is 5.69 Å². The van der Waals surface area contributed by atoms with Crippen molar-refractivity contribution in [2.24, 2.45) is 10.8 Å². The van der Waals surface area contributed by atoms with Crippen molar-refractivity contribution in [1.29, 1.82) is 0 Å². The number of aromatic hydroxyl groups is 1. The number of hydrogen-bond donors (Lipinski definition) is 5. The van der Waals surface area contributed by atoms with Crippen LogP contribution in [0.1, 0.15) is 26.3 Å². The summed E-state index contributed by atoms with van der Waals surface area (Å²) in [6, 6.07) is 14.6. The molecule has 0 spiro atoms. The third kappa shape index (κ3) is 7.67. The molecule has 10 heteroatoms. The SMILES string of the molecule is Cc1cccc(OC/C(N)=N\NC(=O)c2ccncc2)c1.Nc1ccc(C(=O)O)c(O)c1. The molecule has 2 aromatic carbocycles. The number of ether oxygens (including phenoxy) is 1. The summed E-state index contributed by atoms with van der Waals surface area (Å²) in [6.45, 7) is 2.07. The lowest BCUT2D eigenvalue weighted by atomic mass is 10.2. The Morgan fingerprint density at radius 1 is 1.12 bits per heavy atom. The Balaban J connectivity index is 0.000000278. The normalized spacial score (nSPS) is 10.5. The Morgan fingerprint density at radius 3 is 2.47 bits per heavy atom. The van der Waals surface area contributed by atoms with Crippen LogP contribution in [0.5, 0.6) is 11.5 Å². The molecule has 0 aliphatic carbocycles. The molecule has 3 rings (SSSR count). The number of carbonyl (C=O) groups is 2. The number of phenols is 1. The monoisotopic (exact) mass is 437 g/mol. The number of anilines is 1. The van der Waals surface area contributed by atoms with E-state index in [0.29, 0.717) is 17.0 Å². The first-order valence-electron chi connectivity index (χ1n) is 9.30. The molecule has 10 nitrogen and oxygen atoms in total. The van der Waals surface area contributed by atoms with Crippen LogP contribution in [-0.2, 0) is 0 Å². The molecule has 166 valence electrons. The molecule has 1 heterocycles. The highest BCUT2D eigenvalue weighted by Gasteiger charge is 2.08. The minimum Gasteiger partial charge on any atom is -0.507 e. The lowest BCUT2D eigenvalue weighted by molar-refractivity contribution is 0.0693. The summed E-state index contributed by atoms with van der Waals surface area (Å²) >= 11 is 0. The average Bonchev–Trinajstić information content (AvgIpc) is 2.77. The van der Waals surface area contributed by atoms with Crippen LogP contribution in [0.25, 0.3) is 0 Å². The lowest BCUT2D eigenvalue weighted by Crippen LogP contribution is -2.27. The van der Waals surface area contributed by atoms with Gasteiger partial charge in [-0.2, -0.15) is 5.10 Å². The standard InChI is InChI=1S/C15H16N4O2.C7H7NO3/c1-11-3-2-4-13(9-11)21-10-14(16)18-19-15(20)12-5-7-17-8-6-12;8-4-1-2-5(7(10)11)6(9)3-4/h2-9H,10H2,1H3,(H2,16,18)(H,19,20);1-3,9H,8H2,(H,10,11). The summed E-state index contributed by atoms with van der Waals surface area (Å²) in [4.78, 5) is 25.9. The molecule has 0 aliphatic heterocycles. The molecular weight excluding hydrogens is 414 g/mol. The molecule has 0 saturated heterocycles. The van der Waals surface area contributed by atoms with Gasteiger partial charge in [0.1, 0.15) is 23.7 Å². The zero-order chi connectivity index (χ0) is 23.5. The van der Waals surface area contributed by atoms with Gasteiger partial charge >= 0.3 is 5.97 Å². The van der Waals surface area contributed by atoms with Crippen LogP contribution in [-0.4, -0.2) is 39.5 Å². The molecule has 7 N–H and O–H groups in total. The molecule has 3 aromatic rings. The number of nitrogens with one attached hydrogen (secondary N) is 1. The summed E-state index contributed by atoms with van der Waals surface area (Å²) < 4.78 is 5.47. The van der Waals surface area contributed by atoms with Gasteiger partial charge in [-0.3, -0.25) is 9.78 Å². The van der Waals surface area contributed by atoms with E-state index in [-0.39, 0.29) is 29.7 Å². The molecule has 0 radical (unpaired) electrons. The smallest absolute Gasteiger partial charge is 0.339 e. The van der Waals surface area contributed by atoms with Crippen LogP contribution in [0.3, 0.4) is 0 Å². The lowest BCUT2D eigenvalue weighted by Gasteiger charge is -2.06. The number of nitrogens with zero attached hydrogens (tertiary/aromatic N) is 2. The van der Waals surface area contributed by atoms with E-state index < -0.39 is 5.97 Å². The van der Waals surface area contributed by atoms with Crippen LogP contribution in [0.15, 0.2) is 72.1 Å². The molecule has 0 atom stereocenters. The number of carboxylic acids is 1. The largest absolute Gasteiger partial charge is 0.507 e. The van der Waals surface area contributed by atoms with E-state index in [0.717, 1.165) is 5.56 Å². The fraction of sp³-hybridized carbons (Fsp3) is 0.0909. The third-order valence-electron chi connectivity index (χ3n) is 3.87. The van der Waals surface area contributed by atoms with Crippen LogP contribution in [0.2, 0.25) is 0 Å². The number of benzene rings is 2. The number of aryl methyl sites for hydroxylation is 1.